The van der Waals surface area contributed by atoms with Gasteiger partial charge in [-0.05, 0) is 44.4 Å². The van der Waals surface area contributed by atoms with Crippen molar-refractivity contribution < 1.29 is 9.53 Å². The highest BCUT2D eigenvalue weighted by Gasteiger charge is 2.24. The molecular formula is C23H34N6O2. The van der Waals surface area contributed by atoms with Gasteiger partial charge in [-0.3, -0.25) is 0 Å². The molecule has 31 heavy (non-hydrogen) atoms. The van der Waals surface area contributed by atoms with Crippen molar-refractivity contribution in [1.82, 2.24) is 20.5 Å². The molecule has 0 bridgehead atoms. The van der Waals surface area contributed by atoms with Gasteiger partial charge in [-0.15, -0.1) is 0 Å². The van der Waals surface area contributed by atoms with Crippen molar-refractivity contribution in [2.24, 2.45) is 4.99 Å². The van der Waals surface area contributed by atoms with Crippen LogP contribution in [0.25, 0.3) is 10.9 Å². The number of piperidine rings is 1. The molecule has 0 radical (unpaired) electrons. The molecule has 168 valence electrons. The molecule has 0 unspecified atom stereocenters. The number of guanidine groups is 1. The fraction of sp³-hybridized carbons (Fsp3) is 0.522. The molecule has 8 nitrogen and oxygen atoms in total. The normalized spacial score (nSPS) is 15.1. The number of hydrogen-bond acceptors (Lipinski definition) is 5. The molecule has 3 rings (SSSR count). The number of nitrogens with one attached hydrogen (secondary N) is 2. The number of ether oxygens (including phenoxy) is 1. The molecule has 1 aromatic carbocycles. The number of aliphatic imine (C=N–C) groups is 1. The molecule has 2 aromatic rings. The predicted molar refractivity (Wildman–Crippen MR) is 126 cm³/mol. The Kier molecular flexibility index (Phi) is 7.92. The number of aromatic nitrogens is 1. The third-order valence-corrected chi connectivity index (χ3v) is 5.36. The lowest BCUT2D eigenvalue weighted by atomic mass is 10.1. The molecule has 8 heteroatoms. The third-order valence-electron chi connectivity index (χ3n) is 5.36. The average Bonchev–Trinajstić information content (AvgIpc) is 2.77. The largest absolute Gasteiger partial charge is 0.450 e. The van der Waals surface area contributed by atoms with Crippen molar-refractivity contribution in [3.8, 4) is 0 Å². The van der Waals surface area contributed by atoms with Gasteiger partial charge >= 0.3 is 6.09 Å². The molecule has 0 aliphatic carbocycles. The Hall–Kier alpha value is -3.03. The summed E-state index contributed by atoms with van der Waals surface area (Å²) < 4.78 is 5.11. The summed E-state index contributed by atoms with van der Waals surface area (Å²) >= 11 is 0. The summed E-state index contributed by atoms with van der Waals surface area (Å²) in [5, 5.41) is 8.01. The Morgan fingerprint density at radius 2 is 2.00 bits per heavy atom. The summed E-state index contributed by atoms with van der Waals surface area (Å²) in [5.74, 6) is 1.72. The summed E-state index contributed by atoms with van der Waals surface area (Å²) in [6.45, 7) is 7.03. The van der Waals surface area contributed by atoms with Crippen molar-refractivity contribution in [2.75, 3.05) is 45.2 Å². The van der Waals surface area contributed by atoms with Crippen LogP contribution >= 0.6 is 0 Å². The molecular weight excluding hydrogens is 392 g/mol. The van der Waals surface area contributed by atoms with E-state index in [-0.39, 0.29) is 12.1 Å². The van der Waals surface area contributed by atoms with Crippen LogP contribution in [0.15, 0.2) is 35.3 Å². The van der Waals surface area contributed by atoms with Gasteiger partial charge in [-0.2, -0.15) is 0 Å². The van der Waals surface area contributed by atoms with E-state index >= 15 is 0 Å². The van der Waals surface area contributed by atoms with Gasteiger partial charge in [0.2, 0.25) is 0 Å². The highest BCUT2D eigenvalue weighted by molar-refractivity contribution is 5.85. The second-order valence-electron chi connectivity index (χ2n) is 7.85. The van der Waals surface area contributed by atoms with E-state index in [9.17, 15) is 4.79 Å². The SMILES string of the molecule is CCNC(=NCc1cc(N(C)C)nc2ccccc12)NC1CCN(C(=O)OCC)CC1. The monoisotopic (exact) mass is 426 g/mol. The van der Waals surface area contributed by atoms with Gasteiger partial charge in [0.05, 0.1) is 18.7 Å². The summed E-state index contributed by atoms with van der Waals surface area (Å²) in [7, 11) is 4.00. The van der Waals surface area contributed by atoms with Gasteiger partial charge in [-0.25, -0.2) is 14.8 Å². The molecule has 1 saturated heterocycles. The number of rotatable bonds is 6. The zero-order valence-electron chi connectivity index (χ0n) is 19.0. The van der Waals surface area contributed by atoms with Crippen LogP contribution < -0.4 is 15.5 Å². The summed E-state index contributed by atoms with van der Waals surface area (Å²) in [6.07, 6.45) is 1.51. The number of hydrogen-bond donors (Lipinski definition) is 2. The molecule has 0 spiro atoms. The van der Waals surface area contributed by atoms with E-state index in [1.54, 1.807) is 4.90 Å². The van der Waals surface area contributed by atoms with Crippen LogP contribution in [-0.4, -0.2) is 68.3 Å². The van der Waals surface area contributed by atoms with Crippen molar-refractivity contribution in [3.63, 3.8) is 0 Å². The Balaban J connectivity index is 1.70. The molecule has 1 aromatic heterocycles. The highest BCUT2D eigenvalue weighted by atomic mass is 16.6. The number of para-hydroxylation sites is 1. The third kappa shape index (κ3) is 5.99. The first-order chi connectivity index (χ1) is 15.0. The minimum Gasteiger partial charge on any atom is -0.450 e. The lowest BCUT2D eigenvalue weighted by Gasteiger charge is -2.32. The number of amides is 1. The highest BCUT2D eigenvalue weighted by Crippen LogP contribution is 2.22. The Morgan fingerprint density at radius 1 is 1.26 bits per heavy atom. The van der Waals surface area contributed by atoms with Crippen LogP contribution in [0, 0.1) is 0 Å². The van der Waals surface area contributed by atoms with Crippen LogP contribution in [0.2, 0.25) is 0 Å². The van der Waals surface area contributed by atoms with E-state index in [1.165, 1.54) is 0 Å². The molecule has 1 aliphatic rings. The van der Waals surface area contributed by atoms with E-state index in [1.807, 2.05) is 44.1 Å². The molecule has 0 saturated carbocycles. The van der Waals surface area contributed by atoms with E-state index in [0.29, 0.717) is 26.2 Å². The molecule has 2 heterocycles. The lowest BCUT2D eigenvalue weighted by molar-refractivity contribution is 0.0963. The first-order valence-corrected chi connectivity index (χ1v) is 11.0. The maximum atomic E-state index is 11.9. The van der Waals surface area contributed by atoms with Crippen molar-refractivity contribution in [2.45, 2.75) is 39.3 Å². The van der Waals surface area contributed by atoms with Crippen LogP contribution in [0.4, 0.5) is 10.6 Å². The lowest BCUT2D eigenvalue weighted by Crippen LogP contribution is -2.49. The minimum absolute atomic E-state index is 0.220. The number of nitrogens with zero attached hydrogens (tertiary/aromatic N) is 4. The maximum absolute atomic E-state index is 11.9. The second-order valence-corrected chi connectivity index (χ2v) is 7.85. The van der Waals surface area contributed by atoms with Crippen LogP contribution in [0.5, 0.6) is 0 Å². The second kappa shape index (κ2) is 10.8. The van der Waals surface area contributed by atoms with Gasteiger partial charge in [0, 0.05) is 45.2 Å². The standard InChI is InChI=1S/C23H34N6O2/c1-5-24-22(26-18-11-13-29(14-12-18)23(30)31-6-2)25-16-17-15-21(28(3)4)27-20-10-8-7-9-19(17)20/h7-10,15,18H,5-6,11-14,16H2,1-4H3,(H2,24,25,26). The Bertz CT molecular complexity index is 906. The van der Waals surface area contributed by atoms with E-state index < -0.39 is 0 Å². The maximum Gasteiger partial charge on any atom is 0.409 e. The topological polar surface area (TPSA) is 82.1 Å². The first kappa shape index (κ1) is 22.7. The number of carbonyl (C=O) groups excluding carboxylic acids is 1. The van der Waals surface area contributed by atoms with Gasteiger partial charge in [0.25, 0.3) is 0 Å². The van der Waals surface area contributed by atoms with Crippen molar-refractivity contribution in [1.29, 1.82) is 0 Å². The fourth-order valence-corrected chi connectivity index (χ4v) is 3.69. The zero-order valence-corrected chi connectivity index (χ0v) is 19.0. The van der Waals surface area contributed by atoms with Gasteiger partial charge in [-0.1, -0.05) is 18.2 Å². The van der Waals surface area contributed by atoms with Gasteiger partial charge in [0.15, 0.2) is 5.96 Å². The van der Waals surface area contributed by atoms with Gasteiger partial charge < -0.3 is 25.2 Å². The van der Waals surface area contributed by atoms with Crippen molar-refractivity contribution >= 4 is 28.8 Å². The molecule has 1 fully saturated rings. The smallest absolute Gasteiger partial charge is 0.409 e. The quantitative estimate of drug-likeness (QED) is 0.546. The Morgan fingerprint density at radius 3 is 2.68 bits per heavy atom. The minimum atomic E-state index is -0.220. The van der Waals surface area contributed by atoms with Crippen LogP contribution in [0.3, 0.4) is 0 Å². The van der Waals surface area contributed by atoms with Gasteiger partial charge in [0.1, 0.15) is 5.82 Å². The number of likely N-dealkylation sites (tertiary alicyclic amines) is 1. The molecule has 2 N–H and O–H groups in total. The number of carbonyl (C=O) groups is 1. The summed E-state index contributed by atoms with van der Waals surface area (Å²) in [6, 6.07) is 10.6. The van der Waals surface area contributed by atoms with Crippen LogP contribution in [0.1, 0.15) is 32.3 Å². The average molecular weight is 427 g/mol. The molecule has 1 amide bonds. The summed E-state index contributed by atoms with van der Waals surface area (Å²) in [4.78, 5) is 25.3. The first-order valence-electron chi connectivity index (χ1n) is 11.0. The number of anilines is 1. The van der Waals surface area contributed by atoms with E-state index in [2.05, 4.69) is 29.7 Å². The number of benzene rings is 1. The predicted octanol–water partition coefficient (Wildman–Crippen LogP) is 2.98. The number of pyridine rings is 1. The van der Waals surface area contributed by atoms with Crippen LogP contribution in [-0.2, 0) is 11.3 Å². The fourth-order valence-electron chi connectivity index (χ4n) is 3.69. The molecule has 0 atom stereocenters. The Labute approximate surface area is 184 Å². The van der Waals surface area contributed by atoms with E-state index in [4.69, 9.17) is 14.7 Å². The zero-order chi connectivity index (χ0) is 22.2. The molecule has 1 aliphatic heterocycles. The van der Waals surface area contributed by atoms with Crippen molar-refractivity contribution in [3.05, 3.63) is 35.9 Å². The summed E-state index contributed by atoms with van der Waals surface area (Å²) in [5.41, 5.74) is 2.12. The number of fused-ring (bicyclic) bond motifs is 1. The van der Waals surface area contributed by atoms with E-state index in [0.717, 1.165) is 47.6 Å².